The molecule has 1 N–H and O–H groups in total. The van der Waals surface area contributed by atoms with Gasteiger partial charge in [-0.15, -0.1) is 0 Å². The lowest BCUT2D eigenvalue weighted by Gasteiger charge is -2.11. The predicted molar refractivity (Wildman–Crippen MR) is 76.2 cm³/mol. The van der Waals surface area contributed by atoms with Gasteiger partial charge in [-0.05, 0) is 24.1 Å². The van der Waals surface area contributed by atoms with Crippen LogP contribution in [0.15, 0.2) is 40.5 Å². The quantitative estimate of drug-likeness (QED) is 0.822. The van der Waals surface area contributed by atoms with Gasteiger partial charge in [0.1, 0.15) is 0 Å². The van der Waals surface area contributed by atoms with Gasteiger partial charge in [-0.3, -0.25) is 0 Å². The molecule has 0 saturated heterocycles. The fourth-order valence-corrected chi connectivity index (χ4v) is 2.48. The van der Waals surface area contributed by atoms with E-state index in [4.69, 9.17) is 0 Å². The van der Waals surface area contributed by atoms with E-state index < -0.39 is 8.07 Å². The summed E-state index contributed by atoms with van der Waals surface area (Å²) in [6, 6.07) is 7.83. The molecule has 1 aromatic rings. The van der Waals surface area contributed by atoms with Crippen LogP contribution in [0.2, 0.25) is 19.6 Å². The molecule has 0 amide bonds. The van der Waals surface area contributed by atoms with Crippen molar-refractivity contribution in [3.63, 3.8) is 0 Å². The van der Waals surface area contributed by atoms with Crippen molar-refractivity contribution in [2.45, 2.75) is 32.2 Å². The predicted octanol–water partition coefficient (Wildman–Crippen LogP) is 4.31. The van der Waals surface area contributed by atoms with E-state index in [9.17, 15) is 5.11 Å². The highest BCUT2D eigenvalue weighted by atomic mass is 79.9. The van der Waals surface area contributed by atoms with E-state index in [1.807, 2.05) is 24.3 Å². The molecular weight excluding hydrogens is 280 g/mol. The van der Waals surface area contributed by atoms with Crippen molar-refractivity contribution in [3.05, 3.63) is 46.1 Å². The average molecular weight is 299 g/mol. The van der Waals surface area contributed by atoms with Gasteiger partial charge in [-0.25, -0.2) is 0 Å². The number of benzene rings is 1. The third-order valence-electron chi connectivity index (χ3n) is 2.23. The number of hydrogen-bond donors (Lipinski definition) is 1. The van der Waals surface area contributed by atoms with E-state index in [0.717, 1.165) is 10.0 Å². The van der Waals surface area contributed by atoms with Crippen LogP contribution in [-0.4, -0.2) is 13.2 Å². The van der Waals surface area contributed by atoms with Gasteiger partial charge in [0.2, 0.25) is 0 Å². The molecule has 1 atom stereocenters. The first kappa shape index (κ1) is 13.7. The Labute approximate surface area is 107 Å². The lowest BCUT2D eigenvalue weighted by atomic mass is 10.1. The average Bonchev–Trinajstić information content (AvgIpc) is 2.16. The molecule has 0 aliphatic heterocycles. The van der Waals surface area contributed by atoms with Crippen molar-refractivity contribution >= 4 is 24.0 Å². The van der Waals surface area contributed by atoms with Crippen molar-refractivity contribution in [2.24, 2.45) is 0 Å². The third kappa shape index (κ3) is 5.10. The van der Waals surface area contributed by atoms with Gasteiger partial charge in [0, 0.05) is 4.47 Å². The lowest BCUT2D eigenvalue weighted by Crippen LogP contribution is -2.15. The second-order valence-electron chi connectivity index (χ2n) is 5.07. The topological polar surface area (TPSA) is 20.2 Å². The first-order valence-electron chi connectivity index (χ1n) is 5.50. The van der Waals surface area contributed by atoms with E-state index in [1.165, 1.54) is 0 Å². The summed E-state index contributed by atoms with van der Waals surface area (Å²) in [4.78, 5) is 0. The zero-order valence-corrected chi connectivity index (χ0v) is 12.7. The SMILES string of the molecule is C[Si](C)(C)/C=C/C[C@@H](O)c1ccc(Br)cc1. The Hall–Kier alpha value is -0.383. The molecule has 16 heavy (non-hydrogen) atoms. The van der Waals surface area contributed by atoms with Crippen molar-refractivity contribution < 1.29 is 5.11 Å². The highest BCUT2D eigenvalue weighted by Gasteiger charge is 2.08. The summed E-state index contributed by atoms with van der Waals surface area (Å²) in [5.74, 6) is 0. The molecule has 0 radical (unpaired) electrons. The molecule has 88 valence electrons. The minimum atomic E-state index is -1.13. The number of aliphatic hydroxyl groups excluding tert-OH is 1. The Morgan fingerprint density at radius 3 is 2.31 bits per heavy atom. The van der Waals surface area contributed by atoms with E-state index in [1.54, 1.807) is 0 Å². The van der Waals surface area contributed by atoms with Crippen LogP contribution in [0.3, 0.4) is 0 Å². The monoisotopic (exact) mass is 298 g/mol. The second kappa shape index (κ2) is 5.80. The zero-order chi connectivity index (χ0) is 12.2. The fourth-order valence-electron chi connectivity index (χ4n) is 1.37. The standard InChI is InChI=1S/C13H19BrOSi/c1-16(2,3)10-4-5-13(15)11-6-8-12(14)9-7-11/h4,6-10,13,15H,5H2,1-3H3/b10-4+/t13-/m1/s1. The molecule has 0 unspecified atom stereocenters. The zero-order valence-electron chi connectivity index (χ0n) is 10.1. The summed E-state index contributed by atoms with van der Waals surface area (Å²) in [5, 5.41) is 9.96. The van der Waals surface area contributed by atoms with Gasteiger partial charge >= 0.3 is 0 Å². The first-order valence-corrected chi connectivity index (χ1v) is 9.87. The number of aliphatic hydroxyl groups is 1. The molecule has 1 nitrogen and oxygen atoms in total. The molecule has 0 aromatic heterocycles. The van der Waals surface area contributed by atoms with Gasteiger partial charge in [0.15, 0.2) is 0 Å². The van der Waals surface area contributed by atoms with Crippen molar-refractivity contribution in [3.8, 4) is 0 Å². The van der Waals surface area contributed by atoms with Crippen LogP contribution >= 0.6 is 15.9 Å². The van der Waals surface area contributed by atoms with Crippen LogP contribution in [0.4, 0.5) is 0 Å². The molecule has 1 rings (SSSR count). The molecule has 0 heterocycles. The van der Waals surface area contributed by atoms with Crippen molar-refractivity contribution in [2.75, 3.05) is 0 Å². The summed E-state index contributed by atoms with van der Waals surface area (Å²) >= 11 is 3.38. The summed E-state index contributed by atoms with van der Waals surface area (Å²) in [6.07, 6.45) is 2.42. The number of rotatable bonds is 4. The molecular formula is C13H19BrOSi. The molecule has 0 saturated carbocycles. The summed E-state index contributed by atoms with van der Waals surface area (Å²) in [5.41, 5.74) is 3.25. The van der Waals surface area contributed by atoms with Crippen molar-refractivity contribution in [1.82, 2.24) is 0 Å². The normalized spacial score (nSPS) is 14.3. The minimum Gasteiger partial charge on any atom is -0.388 e. The second-order valence-corrected chi connectivity index (χ2v) is 11.1. The van der Waals surface area contributed by atoms with Crippen LogP contribution in [0.5, 0.6) is 0 Å². The van der Waals surface area contributed by atoms with Crippen LogP contribution in [0.1, 0.15) is 18.1 Å². The summed E-state index contributed by atoms with van der Waals surface area (Å²) in [6.45, 7) is 6.86. The fraction of sp³-hybridized carbons (Fsp3) is 0.385. The van der Waals surface area contributed by atoms with E-state index in [2.05, 4.69) is 47.3 Å². The summed E-state index contributed by atoms with van der Waals surface area (Å²) in [7, 11) is -1.13. The van der Waals surface area contributed by atoms with Crippen LogP contribution in [0.25, 0.3) is 0 Å². The highest BCUT2D eigenvalue weighted by Crippen LogP contribution is 2.20. The van der Waals surface area contributed by atoms with E-state index in [-0.39, 0.29) is 6.10 Å². The molecule has 0 fully saturated rings. The molecule has 0 aliphatic rings. The molecule has 1 aromatic carbocycles. The molecule has 0 aliphatic carbocycles. The largest absolute Gasteiger partial charge is 0.388 e. The smallest absolute Gasteiger partial charge is 0.0824 e. The molecule has 0 spiro atoms. The lowest BCUT2D eigenvalue weighted by molar-refractivity contribution is 0.181. The van der Waals surface area contributed by atoms with Crippen LogP contribution in [-0.2, 0) is 0 Å². The van der Waals surface area contributed by atoms with E-state index in [0.29, 0.717) is 6.42 Å². The number of hydrogen-bond acceptors (Lipinski definition) is 1. The van der Waals surface area contributed by atoms with Gasteiger partial charge in [0.25, 0.3) is 0 Å². The first-order chi connectivity index (χ1) is 7.38. The molecule has 3 heteroatoms. The van der Waals surface area contributed by atoms with Gasteiger partial charge in [0.05, 0.1) is 14.2 Å². The van der Waals surface area contributed by atoms with Crippen LogP contribution in [0, 0.1) is 0 Å². The Kier molecular flexibility index (Phi) is 4.96. The maximum Gasteiger partial charge on any atom is 0.0824 e. The summed E-state index contributed by atoms with van der Waals surface area (Å²) < 4.78 is 1.04. The Morgan fingerprint density at radius 1 is 1.25 bits per heavy atom. The highest BCUT2D eigenvalue weighted by molar-refractivity contribution is 9.10. The Balaban J connectivity index is 2.56. The van der Waals surface area contributed by atoms with Gasteiger partial charge < -0.3 is 5.11 Å². The van der Waals surface area contributed by atoms with Gasteiger partial charge in [-0.2, -0.15) is 0 Å². The van der Waals surface area contributed by atoms with Crippen molar-refractivity contribution in [1.29, 1.82) is 0 Å². The molecule has 0 bridgehead atoms. The third-order valence-corrected chi connectivity index (χ3v) is 4.00. The minimum absolute atomic E-state index is 0.388. The van der Waals surface area contributed by atoms with Gasteiger partial charge in [-0.1, -0.05) is 59.5 Å². The maximum absolute atomic E-state index is 9.96. The number of halogens is 1. The maximum atomic E-state index is 9.96. The Morgan fingerprint density at radius 2 is 1.81 bits per heavy atom. The Bertz CT molecular complexity index is 351. The van der Waals surface area contributed by atoms with Crippen LogP contribution < -0.4 is 0 Å². The van der Waals surface area contributed by atoms with E-state index >= 15 is 0 Å².